The molecule has 0 aliphatic carbocycles. The van der Waals surface area contributed by atoms with Crippen molar-refractivity contribution < 1.29 is 4.92 Å². The maximum absolute atomic E-state index is 10.8. The van der Waals surface area contributed by atoms with Gasteiger partial charge < -0.3 is 0 Å². The Morgan fingerprint density at radius 2 is 2.25 bits per heavy atom. The zero-order valence-corrected chi connectivity index (χ0v) is 9.88. The molecule has 0 saturated heterocycles. The van der Waals surface area contributed by atoms with E-state index in [1.54, 1.807) is 0 Å². The number of aromatic nitrogens is 1. The van der Waals surface area contributed by atoms with E-state index >= 15 is 0 Å². The van der Waals surface area contributed by atoms with Gasteiger partial charge in [0.25, 0.3) is 5.69 Å². The molecule has 2 rings (SSSR count). The molecular weight excluding hydrogens is 248 g/mol. The molecular formula is C10H7ClN2O2S. The van der Waals surface area contributed by atoms with Crippen molar-refractivity contribution in [1.29, 1.82) is 0 Å². The lowest BCUT2D eigenvalue weighted by molar-refractivity contribution is -0.384. The van der Waals surface area contributed by atoms with E-state index in [9.17, 15) is 10.1 Å². The molecule has 2 aromatic rings. The molecule has 0 saturated carbocycles. The Balaban J connectivity index is 2.62. The molecule has 0 radical (unpaired) electrons. The summed E-state index contributed by atoms with van der Waals surface area (Å²) < 4.78 is 0. The van der Waals surface area contributed by atoms with Gasteiger partial charge in [0, 0.05) is 21.9 Å². The third kappa shape index (κ3) is 2.05. The Morgan fingerprint density at radius 3 is 2.81 bits per heavy atom. The second-order valence-corrected chi connectivity index (χ2v) is 4.71. The molecule has 2 aromatic heterocycles. The van der Waals surface area contributed by atoms with Gasteiger partial charge in [0.2, 0.25) is 0 Å². The van der Waals surface area contributed by atoms with Crippen molar-refractivity contribution >= 4 is 28.6 Å². The number of nitro groups is 1. The molecule has 0 spiro atoms. The van der Waals surface area contributed by atoms with Crippen LogP contribution < -0.4 is 0 Å². The molecule has 0 aromatic carbocycles. The summed E-state index contributed by atoms with van der Waals surface area (Å²) in [5, 5.41) is 12.9. The van der Waals surface area contributed by atoms with Gasteiger partial charge in [-0.05, 0) is 19.1 Å². The van der Waals surface area contributed by atoms with E-state index in [4.69, 9.17) is 11.6 Å². The molecule has 6 heteroatoms. The topological polar surface area (TPSA) is 56.0 Å². The van der Waals surface area contributed by atoms with Crippen LogP contribution in [0.25, 0.3) is 11.3 Å². The van der Waals surface area contributed by atoms with E-state index in [1.165, 1.54) is 23.5 Å². The second kappa shape index (κ2) is 4.19. The number of rotatable bonds is 2. The predicted molar refractivity (Wildman–Crippen MR) is 64.0 cm³/mol. The number of hydrogen-bond donors (Lipinski definition) is 0. The van der Waals surface area contributed by atoms with E-state index in [0.717, 1.165) is 10.4 Å². The molecule has 0 aliphatic heterocycles. The van der Waals surface area contributed by atoms with Crippen LogP contribution in [0.2, 0.25) is 5.15 Å². The van der Waals surface area contributed by atoms with Crippen LogP contribution in [0.1, 0.15) is 4.88 Å². The van der Waals surface area contributed by atoms with Crippen molar-refractivity contribution in [2.24, 2.45) is 0 Å². The Bertz CT molecular complexity index is 554. The largest absolute Gasteiger partial charge is 0.295 e. The van der Waals surface area contributed by atoms with Crippen molar-refractivity contribution in [1.82, 2.24) is 4.98 Å². The highest BCUT2D eigenvalue weighted by molar-refractivity contribution is 7.10. The first-order chi connectivity index (χ1) is 7.58. The third-order valence-electron chi connectivity index (χ3n) is 2.04. The summed E-state index contributed by atoms with van der Waals surface area (Å²) >= 11 is 7.27. The summed E-state index contributed by atoms with van der Waals surface area (Å²) in [5.74, 6) is 0. The minimum Gasteiger partial charge on any atom is -0.258 e. The number of aryl methyl sites for hydroxylation is 1. The summed E-state index contributed by atoms with van der Waals surface area (Å²) in [7, 11) is 0. The first-order valence-corrected chi connectivity index (χ1v) is 5.70. The Hall–Kier alpha value is -1.46. The van der Waals surface area contributed by atoms with Gasteiger partial charge in [-0.2, -0.15) is 0 Å². The van der Waals surface area contributed by atoms with Crippen molar-refractivity contribution in [3.05, 3.63) is 43.7 Å². The van der Waals surface area contributed by atoms with Gasteiger partial charge in [-0.15, -0.1) is 11.3 Å². The molecule has 0 aliphatic rings. The summed E-state index contributed by atoms with van der Waals surface area (Å²) in [6, 6.07) is 4.65. The van der Waals surface area contributed by atoms with Crippen molar-refractivity contribution in [2.75, 3.05) is 0 Å². The van der Waals surface area contributed by atoms with E-state index in [1.807, 2.05) is 18.4 Å². The zero-order chi connectivity index (χ0) is 11.7. The Morgan fingerprint density at radius 1 is 1.50 bits per heavy atom. The van der Waals surface area contributed by atoms with Gasteiger partial charge in [0.15, 0.2) is 5.69 Å². The minimum absolute atomic E-state index is 0.0257. The number of thiophene rings is 1. The summed E-state index contributed by atoms with van der Waals surface area (Å²) in [6.45, 7) is 1.94. The Kier molecular flexibility index (Phi) is 2.89. The maximum atomic E-state index is 10.8. The molecule has 0 N–H and O–H groups in total. The van der Waals surface area contributed by atoms with Crippen LogP contribution in [0.5, 0.6) is 0 Å². The smallest absolute Gasteiger partial charge is 0.258 e. The SMILES string of the molecule is Cc1cc(-c2nc(Cl)ccc2[N+](=O)[O-])cs1. The average Bonchev–Trinajstić information content (AvgIpc) is 2.64. The first kappa shape index (κ1) is 11.0. The minimum atomic E-state index is -0.453. The number of hydrogen-bond acceptors (Lipinski definition) is 4. The maximum Gasteiger partial charge on any atom is 0.295 e. The third-order valence-corrected chi connectivity index (χ3v) is 3.11. The highest BCUT2D eigenvalue weighted by atomic mass is 35.5. The quantitative estimate of drug-likeness (QED) is 0.467. The van der Waals surface area contributed by atoms with Crippen molar-refractivity contribution in [2.45, 2.75) is 6.92 Å². The summed E-state index contributed by atoms with van der Waals surface area (Å²) in [4.78, 5) is 15.5. The van der Waals surface area contributed by atoms with Gasteiger partial charge in [-0.1, -0.05) is 11.6 Å². The molecule has 16 heavy (non-hydrogen) atoms. The first-order valence-electron chi connectivity index (χ1n) is 4.44. The normalized spacial score (nSPS) is 10.4. The van der Waals surface area contributed by atoms with Crippen LogP contribution in [0.3, 0.4) is 0 Å². The molecule has 82 valence electrons. The van der Waals surface area contributed by atoms with Crippen LogP contribution in [0, 0.1) is 17.0 Å². The number of halogens is 1. The summed E-state index contributed by atoms with van der Waals surface area (Å²) in [5.41, 5.74) is 1.03. The highest BCUT2D eigenvalue weighted by Gasteiger charge is 2.17. The lowest BCUT2D eigenvalue weighted by atomic mass is 10.2. The van der Waals surface area contributed by atoms with Crippen LogP contribution in [-0.4, -0.2) is 9.91 Å². The van der Waals surface area contributed by atoms with E-state index in [0.29, 0.717) is 5.69 Å². The van der Waals surface area contributed by atoms with Gasteiger partial charge in [-0.3, -0.25) is 10.1 Å². The monoisotopic (exact) mass is 254 g/mol. The second-order valence-electron chi connectivity index (χ2n) is 3.20. The fraction of sp³-hybridized carbons (Fsp3) is 0.100. The van der Waals surface area contributed by atoms with Crippen molar-refractivity contribution in [3.63, 3.8) is 0 Å². The van der Waals surface area contributed by atoms with Crippen LogP contribution in [-0.2, 0) is 0 Å². The highest BCUT2D eigenvalue weighted by Crippen LogP contribution is 2.31. The van der Waals surface area contributed by atoms with E-state index in [2.05, 4.69) is 4.98 Å². The average molecular weight is 255 g/mol. The van der Waals surface area contributed by atoms with Crippen LogP contribution >= 0.6 is 22.9 Å². The van der Waals surface area contributed by atoms with Gasteiger partial charge in [0.1, 0.15) is 5.15 Å². The number of pyridine rings is 1. The molecule has 0 atom stereocenters. The molecule has 2 heterocycles. The fourth-order valence-electron chi connectivity index (χ4n) is 1.36. The van der Waals surface area contributed by atoms with E-state index in [-0.39, 0.29) is 10.8 Å². The molecule has 0 bridgehead atoms. The van der Waals surface area contributed by atoms with Crippen molar-refractivity contribution in [3.8, 4) is 11.3 Å². The lowest BCUT2D eigenvalue weighted by Gasteiger charge is -1.99. The van der Waals surface area contributed by atoms with Crippen LogP contribution in [0.4, 0.5) is 5.69 Å². The van der Waals surface area contributed by atoms with E-state index < -0.39 is 4.92 Å². The van der Waals surface area contributed by atoms with Gasteiger partial charge >= 0.3 is 0 Å². The zero-order valence-electron chi connectivity index (χ0n) is 8.31. The lowest BCUT2D eigenvalue weighted by Crippen LogP contribution is -1.94. The standard InChI is InChI=1S/C10H7ClN2O2S/c1-6-4-7(5-16-6)10-8(13(14)15)2-3-9(11)12-10/h2-5H,1H3. The Labute approximate surface area is 101 Å². The fourth-order valence-corrected chi connectivity index (χ4v) is 2.19. The van der Waals surface area contributed by atoms with Crippen LogP contribution in [0.15, 0.2) is 23.6 Å². The molecule has 0 unspecified atom stereocenters. The summed E-state index contributed by atoms with van der Waals surface area (Å²) in [6.07, 6.45) is 0. The molecule has 0 amide bonds. The number of nitrogens with zero attached hydrogens (tertiary/aromatic N) is 2. The molecule has 0 fully saturated rings. The van der Waals surface area contributed by atoms with Gasteiger partial charge in [-0.25, -0.2) is 4.98 Å². The predicted octanol–water partition coefficient (Wildman–Crippen LogP) is 3.68. The molecule has 4 nitrogen and oxygen atoms in total. The van der Waals surface area contributed by atoms with Gasteiger partial charge in [0.05, 0.1) is 4.92 Å².